The van der Waals surface area contributed by atoms with Gasteiger partial charge in [-0.3, -0.25) is 0 Å². The number of halogens is 1. The summed E-state index contributed by atoms with van der Waals surface area (Å²) < 4.78 is 10.5. The van der Waals surface area contributed by atoms with E-state index in [0.717, 1.165) is 0 Å². The zero-order chi connectivity index (χ0) is 8.39. The van der Waals surface area contributed by atoms with E-state index in [1.54, 1.807) is 18.2 Å². The van der Waals surface area contributed by atoms with Crippen molar-refractivity contribution < 1.29 is 9.47 Å². The second-order valence-electron chi connectivity index (χ2n) is 2.63. The molecule has 0 unspecified atom stereocenters. The van der Waals surface area contributed by atoms with Gasteiger partial charge in [-0.25, -0.2) is 0 Å². The number of benzene rings is 1. The minimum absolute atomic E-state index is 0.171. The zero-order valence-electron chi connectivity index (χ0n) is 6.42. The van der Waals surface area contributed by atoms with E-state index in [2.05, 4.69) is 6.07 Å². The normalized spacial score (nSPS) is 17.1. The van der Waals surface area contributed by atoms with Crippen molar-refractivity contribution in [1.82, 2.24) is 0 Å². The van der Waals surface area contributed by atoms with E-state index in [0.29, 0.717) is 24.0 Å². The molecular weight excluding hydrogens is 176 g/mol. The standard InChI is InChI=1S/C9H8ClO2/c10-8-3-1-2-4-9(8)12-7-5-11-6-7/h2-4,7H,5-6H2. The lowest BCUT2D eigenvalue weighted by Crippen LogP contribution is -2.38. The summed E-state index contributed by atoms with van der Waals surface area (Å²) in [6, 6.07) is 8.14. The van der Waals surface area contributed by atoms with Crippen LogP contribution in [0, 0.1) is 6.07 Å². The van der Waals surface area contributed by atoms with Crippen LogP contribution >= 0.6 is 11.6 Å². The van der Waals surface area contributed by atoms with Crippen LogP contribution < -0.4 is 4.74 Å². The Bertz CT molecular complexity index is 271. The molecule has 1 aliphatic rings. The van der Waals surface area contributed by atoms with Crippen LogP contribution in [-0.4, -0.2) is 19.3 Å². The molecule has 1 aromatic rings. The van der Waals surface area contributed by atoms with Gasteiger partial charge in [0.2, 0.25) is 0 Å². The summed E-state index contributed by atoms with van der Waals surface area (Å²) in [5.41, 5.74) is 0. The van der Waals surface area contributed by atoms with Crippen molar-refractivity contribution in [1.29, 1.82) is 0 Å². The first-order valence-corrected chi connectivity index (χ1v) is 4.14. The molecule has 2 rings (SSSR count). The summed E-state index contributed by atoms with van der Waals surface area (Å²) in [5.74, 6) is 0.712. The summed E-state index contributed by atoms with van der Waals surface area (Å²) in [6.45, 7) is 1.32. The summed E-state index contributed by atoms with van der Waals surface area (Å²) >= 11 is 5.85. The second-order valence-corrected chi connectivity index (χ2v) is 3.04. The van der Waals surface area contributed by atoms with Crippen LogP contribution in [0.15, 0.2) is 18.2 Å². The predicted molar refractivity (Wildman–Crippen MR) is 45.5 cm³/mol. The first kappa shape index (κ1) is 7.90. The van der Waals surface area contributed by atoms with E-state index in [1.165, 1.54) is 0 Å². The molecule has 1 radical (unpaired) electrons. The van der Waals surface area contributed by atoms with E-state index in [1.807, 2.05) is 0 Å². The third-order valence-corrected chi connectivity index (χ3v) is 1.97. The van der Waals surface area contributed by atoms with Crippen LogP contribution in [0.1, 0.15) is 0 Å². The Labute approximate surface area is 76.1 Å². The van der Waals surface area contributed by atoms with Crippen molar-refractivity contribution in [2.45, 2.75) is 6.10 Å². The highest BCUT2D eigenvalue weighted by Crippen LogP contribution is 2.25. The third kappa shape index (κ3) is 1.54. The van der Waals surface area contributed by atoms with Crippen LogP contribution in [0.5, 0.6) is 5.75 Å². The van der Waals surface area contributed by atoms with E-state index in [9.17, 15) is 0 Å². The molecule has 1 saturated heterocycles. The van der Waals surface area contributed by atoms with Crippen LogP contribution in [0.25, 0.3) is 0 Å². The first-order chi connectivity index (χ1) is 5.86. The maximum absolute atomic E-state index is 5.85. The van der Waals surface area contributed by atoms with E-state index < -0.39 is 0 Å². The molecule has 0 spiro atoms. The maximum Gasteiger partial charge on any atom is 0.145 e. The van der Waals surface area contributed by atoms with Crippen molar-refractivity contribution >= 4 is 11.6 Å². The highest BCUT2D eigenvalue weighted by atomic mass is 35.5. The molecule has 1 aliphatic heterocycles. The molecule has 0 bridgehead atoms. The van der Waals surface area contributed by atoms with E-state index in [4.69, 9.17) is 21.1 Å². The molecule has 12 heavy (non-hydrogen) atoms. The van der Waals surface area contributed by atoms with Gasteiger partial charge >= 0.3 is 0 Å². The number of hydrogen-bond acceptors (Lipinski definition) is 2. The summed E-state index contributed by atoms with van der Waals surface area (Å²) in [6.07, 6.45) is 0.171. The molecule has 3 heteroatoms. The molecule has 2 nitrogen and oxygen atoms in total. The molecule has 1 fully saturated rings. The Morgan fingerprint density at radius 2 is 2.42 bits per heavy atom. The van der Waals surface area contributed by atoms with Gasteiger partial charge in [0.15, 0.2) is 0 Å². The van der Waals surface area contributed by atoms with Crippen LogP contribution in [-0.2, 0) is 4.74 Å². The first-order valence-electron chi connectivity index (χ1n) is 3.76. The van der Waals surface area contributed by atoms with Crippen molar-refractivity contribution in [3.63, 3.8) is 0 Å². The van der Waals surface area contributed by atoms with Crippen LogP contribution in [0.4, 0.5) is 0 Å². The molecule has 0 amide bonds. The van der Waals surface area contributed by atoms with Crippen molar-refractivity contribution in [2.24, 2.45) is 0 Å². The largest absolute Gasteiger partial charge is 0.484 e. The molecule has 0 aliphatic carbocycles. The minimum atomic E-state index is 0.171. The van der Waals surface area contributed by atoms with Gasteiger partial charge in [0, 0.05) is 0 Å². The smallest absolute Gasteiger partial charge is 0.145 e. The number of hydrogen-bond donors (Lipinski definition) is 0. The maximum atomic E-state index is 5.85. The molecule has 0 atom stereocenters. The van der Waals surface area contributed by atoms with E-state index in [-0.39, 0.29) is 6.10 Å². The highest BCUT2D eigenvalue weighted by molar-refractivity contribution is 6.32. The number of rotatable bonds is 2. The molecule has 1 heterocycles. The quantitative estimate of drug-likeness (QED) is 0.698. The van der Waals surface area contributed by atoms with Gasteiger partial charge in [0.05, 0.1) is 18.2 Å². The molecule has 0 aromatic heterocycles. The summed E-state index contributed by atoms with van der Waals surface area (Å²) in [5, 5.41) is 0.601. The van der Waals surface area contributed by atoms with Gasteiger partial charge in [-0.2, -0.15) is 0 Å². The summed E-state index contributed by atoms with van der Waals surface area (Å²) in [4.78, 5) is 0. The lowest BCUT2D eigenvalue weighted by molar-refractivity contribution is -0.0796. The topological polar surface area (TPSA) is 18.5 Å². The van der Waals surface area contributed by atoms with Crippen molar-refractivity contribution in [2.75, 3.05) is 13.2 Å². The van der Waals surface area contributed by atoms with E-state index >= 15 is 0 Å². The lowest BCUT2D eigenvalue weighted by Gasteiger charge is -2.26. The Morgan fingerprint density at radius 3 is 3.00 bits per heavy atom. The minimum Gasteiger partial charge on any atom is -0.484 e. The highest BCUT2D eigenvalue weighted by Gasteiger charge is 2.20. The van der Waals surface area contributed by atoms with Gasteiger partial charge < -0.3 is 9.47 Å². The Morgan fingerprint density at radius 1 is 1.58 bits per heavy atom. The Balaban J connectivity index is 2.06. The fourth-order valence-electron chi connectivity index (χ4n) is 0.953. The lowest BCUT2D eigenvalue weighted by atomic mass is 10.3. The second kappa shape index (κ2) is 3.33. The zero-order valence-corrected chi connectivity index (χ0v) is 7.17. The average Bonchev–Trinajstić information content (AvgIpc) is 2.00. The van der Waals surface area contributed by atoms with Gasteiger partial charge in [-0.05, 0) is 18.2 Å². The SMILES string of the molecule is Clc1c[c]ccc1OC1COC1. The fraction of sp³-hybridized carbons (Fsp3) is 0.333. The number of ether oxygens (including phenoxy) is 2. The van der Waals surface area contributed by atoms with Gasteiger partial charge in [0.1, 0.15) is 11.9 Å². The van der Waals surface area contributed by atoms with Crippen LogP contribution in [0.3, 0.4) is 0 Å². The predicted octanol–water partition coefficient (Wildman–Crippen LogP) is 1.92. The Kier molecular flexibility index (Phi) is 2.19. The molecule has 63 valence electrons. The molecule has 0 N–H and O–H groups in total. The molecule has 0 saturated carbocycles. The average molecular weight is 184 g/mol. The monoisotopic (exact) mass is 183 g/mol. The van der Waals surface area contributed by atoms with Crippen molar-refractivity contribution in [3.8, 4) is 5.75 Å². The fourth-order valence-corrected chi connectivity index (χ4v) is 1.12. The summed E-state index contributed by atoms with van der Waals surface area (Å²) in [7, 11) is 0. The van der Waals surface area contributed by atoms with Crippen LogP contribution in [0.2, 0.25) is 5.02 Å². The van der Waals surface area contributed by atoms with Gasteiger partial charge in [-0.1, -0.05) is 17.7 Å². The van der Waals surface area contributed by atoms with Crippen molar-refractivity contribution in [3.05, 3.63) is 29.3 Å². The third-order valence-electron chi connectivity index (χ3n) is 1.68. The molecule has 1 aromatic carbocycles. The molecular formula is C9H8ClO2. The van der Waals surface area contributed by atoms with Gasteiger partial charge in [0.25, 0.3) is 0 Å². The van der Waals surface area contributed by atoms with Gasteiger partial charge in [-0.15, -0.1) is 0 Å². The Hall–Kier alpha value is -0.730.